The van der Waals surface area contributed by atoms with Crippen LogP contribution in [0.3, 0.4) is 0 Å². The Morgan fingerprint density at radius 2 is 1.71 bits per heavy atom. The maximum atomic E-state index is 12.6. The van der Waals surface area contributed by atoms with Crippen LogP contribution in [0, 0.1) is 6.92 Å². The van der Waals surface area contributed by atoms with Crippen LogP contribution in [0.4, 0.5) is 10.1 Å². The number of hydrogen-bond acceptors (Lipinski definition) is 6. The van der Waals surface area contributed by atoms with E-state index in [-0.39, 0.29) is 11.7 Å². The van der Waals surface area contributed by atoms with Crippen LogP contribution in [-0.4, -0.2) is 23.9 Å². The summed E-state index contributed by atoms with van der Waals surface area (Å²) >= 11 is 1.17. The van der Waals surface area contributed by atoms with Crippen molar-refractivity contribution in [3.63, 3.8) is 0 Å². The highest BCUT2D eigenvalue weighted by Crippen LogP contribution is 2.36. The first-order chi connectivity index (χ1) is 15.0. The van der Waals surface area contributed by atoms with Crippen LogP contribution in [0.2, 0.25) is 0 Å². The molecule has 8 heteroatoms. The first-order valence-corrected chi connectivity index (χ1v) is 10.2. The van der Waals surface area contributed by atoms with Gasteiger partial charge in [0, 0.05) is 11.1 Å². The van der Waals surface area contributed by atoms with Crippen molar-refractivity contribution in [3.05, 3.63) is 83.8 Å². The predicted octanol–water partition coefficient (Wildman–Crippen LogP) is 5.22. The van der Waals surface area contributed by atoms with Gasteiger partial charge in [0.05, 0.1) is 13.4 Å². The summed E-state index contributed by atoms with van der Waals surface area (Å²) in [6.45, 7) is 1.99. The van der Waals surface area contributed by atoms with E-state index in [0.29, 0.717) is 27.1 Å². The van der Waals surface area contributed by atoms with Crippen molar-refractivity contribution >= 4 is 33.3 Å². The third kappa shape index (κ3) is 4.65. The van der Waals surface area contributed by atoms with E-state index < -0.39 is 5.91 Å². The lowest BCUT2D eigenvalue weighted by atomic mass is 10.1. The Kier molecular flexibility index (Phi) is 5.81. The standard InChI is InChI=1S/C23H19N3O4S/c1-14-5-7-15(8-6-14)19-22(25-21(28)18-4-3-13-30-18)31-23(24-19)26-20(27)16-9-11-17(29-2)12-10-16/h3-13H,1-2H3,(H,25,28)(H,24,26,27). The number of nitrogens with zero attached hydrogens (tertiary/aromatic N) is 1. The Balaban J connectivity index is 1.62. The maximum absolute atomic E-state index is 12.6. The van der Waals surface area contributed by atoms with Crippen molar-refractivity contribution < 1.29 is 18.7 Å². The number of aryl methyl sites for hydroxylation is 1. The fourth-order valence-electron chi connectivity index (χ4n) is 2.85. The third-order valence-electron chi connectivity index (χ3n) is 4.50. The molecule has 4 aromatic rings. The summed E-state index contributed by atoms with van der Waals surface area (Å²) in [5.74, 6) is 0.147. The van der Waals surface area contributed by atoms with Gasteiger partial charge in [0.1, 0.15) is 16.4 Å². The van der Waals surface area contributed by atoms with Crippen molar-refractivity contribution in [1.29, 1.82) is 0 Å². The molecule has 0 unspecified atom stereocenters. The van der Waals surface area contributed by atoms with Gasteiger partial charge in [-0.1, -0.05) is 41.2 Å². The Labute approximate surface area is 182 Å². The number of ether oxygens (including phenoxy) is 1. The van der Waals surface area contributed by atoms with Crippen LogP contribution in [0.1, 0.15) is 26.5 Å². The lowest BCUT2D eigenvalue weighted by molar-refractivity contribution is 0.0995. The van der Waals surface area contributed by atoms with E-state index in [1.807, 2.05) is 31.2 Å². The molecule has 0 spiro atoms. The summed E-state index contributed by atoms with van der Waals surface area (Å²) in [6, 6.07) is 17.7. The second kappa shape index (κ2) is 8.85. The number of rotatable bonds is 6. The average Bonchev–Trinajstić information content (AvgIpc) is 3.45. The number of furan rings is 1. The van der Waals surface area contributed by atoms with Gasteiger partial charge in [-0.3, -0.25) is 14.9 Å². The number of thiazole rings is 1. The van der Waals surface area contributed by atoms with Crippen LogP contribution < -0.4 is 15.4 Å². The predicted molar refractivity (Wildman–Crippen MR) is 120 cm³/mol. The molecule has 0 bridgehead atoms. The second-order valence-electron chi connectivity index (χ2n) is 6.68. The van der Waals surface area contributed by atoms with Crippen molar-refractivity contribution in [2.45, 2.75) is 6.92 Å². The largest absolute Gasteiger partial charge is 0.497 e. The lowest BCUT2D eigenvalue weighted by Gasteiger charge is -2.04. The molecule has 2 N–H and O–H groups in total. The first kappa shape index (κ1) is 20.4. The summed E-state index contributed by atoms with van der Waals surface area (Å²) in [5, 5.41) is 6.50. The molecule has 2 amide bonds. The van der Waals surface area contributed by atoms with Crippen molar-refractivity contribution in [2.75, 3.05) is 17.7 Å². The molecule has 0 aliphatic heterocycles. The van der Waals surface area contributed by atoms with Gasteiger partial charge in [-0.25, -0.2) is 4.98 Å². The minimum absolute atomic E-state index is 0.187. The van der Waals surface area contributed by atoms with Crippen LogP contribution >= 0.6 is 11.3 Å². The van der Waals surface area contributed by atoms with Gasteiger partial charge in [-0.05, 0) is 43.3 Å². The number of nitrogens with one attached hydrogen (secondary N) is 2. The summed E-state index contributed by atoms with van der Waals surface area (Å²) in [5.41, 5.74) is 2.96. The summed E-state index contributed by atoms with van der Waals surface area (Å²) in [4.78, 5) is 29.7. The minimum atomic E-state index is -0.393. The highest BCUT2D eigenvalue weighted by atomic mass is 32.1. The molecule has 2 heterocycles. The number of carbonyl (C=O) groups excluding carboxylic acids is 2. The average molecular weight is 433 g/mol. The Hall–Kier alpha value is -3.91. The number of hydrogen-bond donors (Lipinski definition) is 2. The van der Waals surface area contributed by atoms with Gasteiger partial charge < -0.3 is 14.5 Å². The SMILES string of the molecule is COc1ccc(C(=O)Nc2nc(-c3ccc(C)cc3)c(NC(=O)c3ccco3)s2)cc1. The van der Waals surface area contributed by atoms with Crippen molar-refractivity contribution in [3.8, 4) is 17.0 Å². The molecule has 0 radical (unpaired) electrons. The molecule has 7 nitrogen and oxygen atoms in total. The number of methoxy groups -OCH3 is 1. The molecule has 0 fully saturated rings. The Morgan fingerprint density at radius 1 is 0.968 bits per heavy atom. The third-order valence-corrected chi connectivity index (χ3v) is 5.38. The molecule has 156 valence electrons. The van der Waals surface area contributed by atoms with E-state index >= 15 is 0 Å². The molecule has 31 heavy (non-hydrogen) atoms. The van der Waals surface area contributed by atoms with Gasteiger partial charge in [0.25, 0.3) is 11.8 Å². The molecule has 0 saturated carbocycles. The smallest absolute Gasteiger partial charge is 0.292 e. The molecular formula is C23H19N3O4S. The van der Waals surface area contributed by atoms with Gasteiger partial charge in [-0.15, -0.1) is 0 Å². The van der Waals surface area contributed by atoms with Crippen LogP contribution in [0.15, 0.2) is 71.3 Å². The van der Waals surface area contributed by atoms with E-state index in [9.17, 15) is 9.59 Å². The molecule has 2 aromatic heterocycles. The van der Waals surface area contributed by atoms with E-state index in [0.717, 1.165) is 11.1 Å². The van der Waals surface area contributed by atoms with E-state index in [1.165, 1.54) is 17.6 Å². The normalized spacial score (nSPS) is 10.5. The molecule has 0 atom stereocenters. The number of anilines is 2. The van der Waals surface area contributed by atoms with E-state index in [1.54, 1.807) is 43.5 Å². The molecular weight excluding hydrogens is 414 g/mol. The van der Waals surface area contributed by atoms with E-state index in [4.69, 9.17) is 9.15 Å². The highest BCUT2D eigenvalue weighted by molar-refractivity contribution is 7.20. The monoisotopic (exact) mass is 433 g/mol. The van der Waals surface area contributed by atoms with Crippen LogP contribution in [0.5, 0.6) is 5.75 Å². The second-order valence-corrected chi connectivity index (χ2v) is 7.68. The fourth-order valence-corrected chi connectivity index (χ4v) is 3.73. The lowest BCUT2D eigenvalue weighted by Crippen LogP contribution is -2.11. The summed E-state index contributed by atoms with van der Waals surface area (Å²) in [6.07, 6.45) is 1.43. The zero-order chi connectivity index (χ0) is 21.8. The molecule has 2 aromatic carbocycles. The Bertz CT molecular complexity index is 1200. The molecule has 0 aliphatic carbocycles. The first-order valence-electron chi connectivity index (χ1n) is 9.41. The maximum Gasteiger partial charge on any atom is 0.292 e. The zero-order valence-electron chi connectivity index (χ0n) is 16.8. The van der Waals surface area contributed by atoms with Gasteiger partial charge in [0.2, 0.25) is 0 Å². The number of amides is 2. The Morgan fingerprint density at radius 3 is 2.35 bits per heavy atom. The van der Waals surface area contributed by atoms with Gasteiger partial charge >= 0.3 is 0 Å². The number of carbonyl (C=O) groups is 2. The van der Waals surface area contributed by atoms with Crippen LogP contribution in [0.25, 0.3) is 11.3 Å². The van der Waals surface area contributed by atoms with Crippen molar-refractivity contribution in [1.82, 2.24) is 4.98 Å². The van der Waals surface area contributed by atoms with Crippen molar-refractivity contribution in [2.24, 2.45) is 0 Å². The fraction of sp³-hybridized carbons (Fsp3) is 0.0870. The highest BCUT2D eigenvalue weighted by Gasteiger charge is 2.19. The molecule has 0 saturated heterocycles. The number of aromatic nitrogens is 1. The molecule has 0 aliphatic rings. The molecule has 4 rings (SSSR count). The van der Waals surface area contributed by atoms with Crippen LogP contribution in [-0.2, 0) is 0 Å². The summed E-state index contributed by atoms with van der Waals surface area (Å²) in [7, 11) is 1.57. The summed E-state index contributed by atoms with van der Waals surface area (Å²) < 4.78 is 10.3. The minimum Gasteiger partial charge on any atom is -0.497 e. The van der Waals surface area contributed by atoms with E-state index in [2.05, 4.69) is 15.6 Å². The van der Waals surface area contributed by atoms with Gasteiger partial charge in [0.15, 0.2) is 10.9 Å². The zero-order valence-corrected chi connectivity index (χ0v) is 17.7. The number of benzene rings is 2. The van der Waals surface area contributed by atoms with Gasteiger partial charge in [-0.2, -0.15) is 0 Å². The quantitative estimate of drug-likeness (QED) is 0.435. The topological polar surface area (TPSA) is 93.5 Å².